The van der Waals surface area contributed by atoms with Gasteiger partial charge in [0, 0.05) is 15.5 Å². The molecule has 0 saturated carbocycles. The minimum absolute atomic E-state index is 0.239. The summed E-state index contributed by atoms with van der Waals surface area (Å²) in [5, 5.41) is 4.24. The van der Waals surface area contributed by atoms with E-state index >= 15 is 0 Å². The van der Waals surface area contributed by atoms with E-state index in [2.05, 4.69) is 52.3 Å². The minimum atomic E-state index is 0.239. The Kier molecular flexibility index (Phi) is 3.30. The molecule has 3 heteroatoms. The standard InChI is InChI=1S/C19H20BrNO/c1-3-4-17-15-9-14(20)6-5-13(15)10-19(17)8-7-18-16(11-19)12(2)22-21-18/h4-6,9H,3,7-8,10-11H2,1-2H3. The minimum Gasteiger partial charge on any atom is -0.361 e. The molecule has 1 aromatic carbocycles. The van der Waals surface area contributed by atoms with Crippen LogP contribution in [-0.4, -0.2) is 5.16 Å². The molecular weight excluding hydrogens is 338 g/mol. The molecule has 0 N–H and O–H groups in total. The summed E-state index contributed by atoms with van der Waals surface area (Å²) in [6.07, 6.45) is 7.93. The van der Waals surface area contributed by atoms with E-state index in [1.54, 1.807) is 0 Å². The second kappa shape index (κ2) is 5.09. The second-order valence-electron chi connectivity index (χ2n) is 6.63. The van der Waals surface area contributed by atoms with Crippen molar-refractivity contribution in [2.24, 2.45) is 5.41 Å². The van der Waals surface area contributed by atoms with E-state index in [9.17, 15) is 0 Å². The number of nitrogens with zero attached hydrogens (tertiary/aromatic N) is 1. The molecule has 2 aliphatic carbocycles. The quantitative estimate of drug-likeness (QED) is 0.694. The van der Waals surface area contributed by atoms with Crippen molar-refractivity contribution in [1.82, 2.24) is 5.16 Å². The summed E-state index contributed by atoms with van der Waals surface area (Å²) in [7, 11) is 0. The first kappa shape index (κ1) is 14.3. The molecule has 0 bridgehead atoms. The lowest BCUT2D eigenvalue weighted by Crippen LogP contribution is -2.29. The van der Waals surface area contributed by atoms with Gasteiger partial charge in [0.25, 0.3) is 0 Å². The Labute approximate surface area is 139 Å². The van der Waals surface area contributed by atoms with Gasteiger partial charge >= 0.3 is 0 Å². The van der Waals surface area contributed by atoms with Crippen LogP contribution >= 0.6 is 15.9 Å². The molecule has 2 nitrogen and oxygen atoms in total. The van der Waals surface area contributed by atoms with Crippen LogP contribution in [0.15, 0.2) is 33.3 Å². The van der Waals surface area contributed by atoms with Gasteiger partial charge in [0.05, 0.1) is 5.69 Å². The maximum atomic E-state index is 5.43. The molecule has 0 aliphatic heterocycles. The van der Waals surface area contributed by atoms with Crippen LogP contribution in [0, 0.1) is 12.3 Å². The molecule has 2 aromatic rings. The number of hydrogen-bond donors (Lipinski definition) is 0. The van der Waals surface area contributed by atoms with Gasteiger partial charge in [-0.3, -0.25) is 0 Å². The smallest absolute Gasteiger partial charge is 0.137 e. The number of aromatic nitrogens is 1. The summed E-state index contributed by atoms with van der Waals surface area (Å²) in [6.45, 7) is 4.28. The van der Waals surface area contributed by atoms with E-state index in [4.69, 9.17) is 4.52 Å². The fourth-order valence-corrected chi connectivity index (χ4v) is 4.62. The zero-order chi connectivity index (χ0) is 15.3. The number of hydrogen-bond acceptors (Lipinski definition) is 2. The molecule has 4 rings (SSSR count). The van der Waals surface area contributed by atoms with Gasteiger partial charge in [0.15, 0.2) is 0 Å². The first-order chi connectivity index (χ1) is 10.6. The highest BCUT2D eigenvalue weighted by molar-refractivity contribution is 9.10. The predicted molar refractivity (Wildman–Crippen MR) is 91.8 cm³/mol. The Morgan fingerprint density at radius 3 is 3.05 bits per heavy atom. The van der Waals surface area contributed by atoms with Crippen molar-refractivity contribution in [2.45, 2.75) is 46.0 Å². The SMILES string of the molecule is CCC=C1c2cc(Br)ccc2CC12CCc1noc(C)c1C2. The lowest BCUT2D eigenvalue weighted by Gasteiger charge is -2.34. The van der Waals surface area contributed by atoms with Crippen LogP contribution < -0.4 is 0 Å². The topological polar surface area (TPSA) is 26.0 Å². The highest BCUT2D eigenvalue weighted by atomic mass is 79.9. The zero-order valence-electron chi connectivity index (χ0n) is 13.1. The highest BCUT2D eigenvalue weighted by Crippen LogP contribution is 2.54. The largest absolute Gasteiger partial charge is 0.361 e. The molecule has 0 amide bonds. The van der Waals surface area contributed by atoms with Crippen molar-refractivity contribution in [3.05, 3.63) is 56.9 Å². The molecule has 1 aromatic heterocycles. The van der Waals surface area contributed by atoms with Crippen LogP contribution in [0.25, 0.3) is 5.57 Å². The average molecular weight is 358 g/mol. The molecule has 22 heavy (non-hydrogen) atoms. The third kappa shape index (κ3) is 2.02. The first-order valence-electron chi connectivity index (χ1n) is 8.06. The summed E-state index contributed by atoms with van der Waals surface area (Å²) in [4.78, 5) is 0. The van der Waals surface area contributed by atoms with Gasteiger partial charge in [-0.05, 0) is 67.9 Å². The maximum Gasteiger partial charge on any atom is 0.137 e. The van der Waals surface area contributed by atoms with Crippen molar-refractivity contribution in [3.8, 4) is 0 Å². The first-order valence-corrected chi connectivity index (χ1v) is 8.86. The molecule has 1 unspecified atom stereocenters. The number of allylic oxidation sites excluding steroid dienone is 2. The number of aryl methyl sites for hydroxylation is 2. The monoisotopic (exact) mass is 357 g/mol. The normalized spacial score (nSPS) is 24.8. The van der Waals surface area contributed by atoms with Crippen LogP contribution in [0.1, 0.15) is 47.9 Å². The maximum absolute atomic E-state index is 5.43. The fraction of sp³-hybridized carbons (Fsp3) is 0.421. The summed E-state index contributed by atoms with van der Waals surface area (Å²) in [5.41, 5.74) is 7.23. The Hall–Kier alpha value is -1.35. The number of benzene rings is 1. The number of rotatable bonds is 1. The third-order valence-electron chi connectivity index (χ3n) is 5.29. The van der Waals surface area contributed by atoms with Gasteiger partial charge < -0.3 is 4.52 Å². The highest BCUT2D eigenvalue weighted by Gasteiger charge is 2.45. The molecular formula is C19H20BrNO. The van der Waals surface area contributed by atoms with Crippen molar-refractivity contribution in [2.75, 3.05) is 0 Å². The average Bonchev–Trinajstić information content (AvgIpc) is 3.00. The van der Waals surface area contributed by atoms with E-state index in [1.165, 1.54) is 38.9 Å². The van der Waals surface area contributed by atoms with Gasteiger partial charge in [0.2, 0.25) is 0 Å². The molecule has 1 heterocycles. The van der Waals surface area contributed by atoms with E-state index < -0.39 is 0 Å². The molecule has 0 saturated heterocycles. The van der Waals surface area contributed by atoms with E-state index in [1.807, 2.05) is 6.92 Å². The van der Waals surface area contributed by atoms with Crippen LogP contribution in [0.2, 0.25) is 0 Å². The zero-order valence-corrected chi connectivity index (χ0v) is 14.7. The van der Waals surface area contributed by atoms with E-state index in [0.717, 1.165) is 31.4 Å². The van der Waals surface area contributed by atoms with E-state index in [-0.39, 0.29) is 5.41 Å². The van der Waals surface area contributed by atoms with Crippen LogP contribution in [0.5, 0.6) is 0 Å². The lowest BCUT2D eigenvalue weighted by atomic mass is 9.68. The van der Waals surface area contributed by atoms with Crippen LogP contribution in [-0.2, 0) is 19.3 Å². The predicted octanol–water partition coefficient (Wildman–Crippen LogP) is 5.27. The van der Waals surface area contributed by atoms with Gasteiger partial charge in [-0.25, -0.2) is 0 Å². The second-order valence-corrected chi connectivity index (χ2v) is 7.54. The molecule has 0 radical (unpaired) electrons. The van der Waals surface area contributed by atoms with Gasteiger partial charge in [-0.15, -0.1) is 0 Å². The number of halogens is 1. The summed E-state index contributed by atoms with van der Waals surface area (Å²) in [5.74, 6) is 1.00. The Balaban J connectivity index is 1.83. The van der Waals surface area contributed by atoms with Gasteiger partial charge in [-0.2, -0.15) is 0 Å². The Bertz CT molecular complexity index is 774. The number of fused-ring (bicyclic) bond motifs is 2. The van der Waals surface area contributed by atoms with Crippen LogP contribution in [0.4, 0.5) is 0 Å². The summed E-state index contributed by atoms with van der Waals surface area (Å²) in [6, 6.07) is 6.75. The van der Waals surface area contributed by atoms with Crippen molar-refractivity contribution in [3.63, 3.8) is 0 Å². The van der Waals surface area contributed by atoms with Gasteiger partial charge in [0.1, 0.15) is 5.76 Å². The molecule has 114 valence electrons. The molecule has 1 spiro atoms. The molecule has 0 fully saturated rings. The lowest BCUT2D eigenvalue weighted by molar-refractivity contribution is 0.352. The summed E-state index contributed by atoms with van der Waals surface area (Å²) >= 11 is 3.63. The molecule has 1 atom stereocenters. The van der Waals surface area contributed by atoms with Crippen molar-refractivity contribution >= 4 is 21.5 Å². The van der Waals surface area contributed by atoms with Crippen molar-refractivity contribution in [1.29, 1.82) is 0 Å². The van der Waals surface area contributed by atoms with Gasteiger partial charge in [-0.1, -0.05) is 40.2 Å². The fourth-order valence-electron chi connectivity index (χ4n) is 4.25. The summed E-state index contributed by atoms with van der Waals surface area (Å²) < 4.78 is 6.60. The van der Waals surface area contributed by atoms with E-state index in [0.29, 0.717) is 0 Å². The Morgan fingerprint density at radius 2 is 2.23 bits per heavy atom. The van der Waals surface area contributed by atoms with Crippen LogP contribution in [0.3, 0.4) is 0 Å². The third-order valence-corrected chi connectivity index (χ3v) is 5.79. The van der Waals surface area contributed by atoms with Crippen molar-refractivity contribution < 1.29 is 4.52 Å². The Morgan fingerprint density at radius 1 is 1.36 bits per heavy atom. The molecule has 2 aliphatic rings.